The van der Waals surface area contributed by atoms with Crippen LogP contribution in [0.25, 0.3) is 0 Å². The van der Waals surface area contributed by atoms with Gasteiger partial charge in [0.25, 0.3) is 5.91 Å². The lowest BCUT2D eigenvalue weighted by atomic mass is 10.1. The second-order valence-electron chi connectivity index (χ2n) is 5.65. The number of benzene rings is 2. The van der Waals surface area contributed by atoms with Crippen LogP contribution in [0.15, 0.2) is 66.9 Å². The summed E-state index contributed by atoms with van der Waals surface area (Å²) in [6.07, 6.45) is 1.52. The minimum Gasteiger partial charge on any atom is -0.340 e. The first-order chi connectivity index (χ1) is 12.5. The van der Waals surface area contributed by atoms with Gasteiger partial charge in [0.1, 0.15) is 11.6 Å². The van der Waals surface area contributed by atoms with E-state index in [0.29, 0.717) is 22.6 Å². The number of hydrogen-bond acceptors (Lipinski definition) is 4. The van der Waals surface area contributed by atoms with Crippen LogP contribution in [0.4, 0.5) is 21.6 Å². The maximum atomic E-state index is 12.9. The molecule has 3 rings (SSSR count). The highest BCUT2D eigenvalue weighted by Gasteiger charge is 2.07. The first kappa shape index (κ1) is 17.3. The lowest BCUT2D eigenvalue weighted by molar-refractivity contribution is 0.101. The molecule has 26 heavy (non-hydrogen) atoms. The zero-order valence-electron chi connectivity index (χ0n) is 14.0. The number of carbonyl (C=O) groups is 2. The Morgan fingerprint density at radius 1 is 0.846 bits per heavy atom. The van der Waals surface area contributed by atoms with E-state index in [2.05, 4.69) is 15.6 Å². The Balaban J connectivity index is 1.63. The van der Waals surface area contributed by atoms with Crippen LogP contribution in [0.5, 0.6) is 0 Å². The van der Waals surface area contributed by atoms with Crippen LogP contribution in [0.3, 0.4) is 0 Å². The van der Waals surface area contributed by atoms with Gasteiger partial charge < -0.3 is 10.6 Å². The van der Waals surface area contributed by atoms with E-state index < -0.39 is 5.82 Å². The SMILES string of the molecule is CC(=O)c1ccc(Nc2ccc(NC(=O)c3ccc(F)cc3)cn2)cc1. The third kappa shape index (κ3) is 4.30. The third-order valence-corrected chi connectivity index (χ3v) is 3.69. The Bertz CT molecular complexity index is 921. The standard InChI is InChI=1S/C20H16FN3O2/c1-13(25)14-4-8-17(9-5-14)23-19-11-10-18(12-22-19)24-20(26)15-2-6-16(21)7-3-15/h2-12H,1H3,(H,22,23)(H,24,26). The number of anilines is 3. The second kappa shape index (κ2) is 7.57. The van der Waals surface area contributed by atoms with Crippen LogP contribution in [0, 0.1) is 5.82 Å². The number of nitrogens with one attached hydrogen (secondary N) is 2. The number of rotatable bonds is 5. The lowest BCUT2D eigenvalue weighted by Crippen LogP contribution is -2.12. The van der Waals surface area contributed by atoms with E-state index in [1.54, 1.807) is 36.4 Å². The summed E-state index contributed by atoms with van der Waals surface area (Å²) < 4.78 is 12.9. The highest BCUT2D eigenvalue weighted by Crippen LogP contribution is 2.17. The molecular weight excluding hydrogens is 333 g/mol. The summed E-state index contributed by atoms with van der Waals surface area (Å²) in [7, 11) is 0. The second-order valence-corrected chi connectivity index (χ2v) is 5.65. The zero-order chi connectivity index (χ0) is 18.5. The van der Waals surface area contributed by atoms with E-state index in [1.807, 2.05) is 0 Å². The van der Waals surface area contributed by atoms with Gasteiger partial charge in [-0.05, 0) is 67.6 Å². The van der Waals surface area contributed by atoms with Crippen molar-refractivity contribution in [1.29, 1.82) is 0 Å². The van der Waals surface area contributed by atoms with Gasteiger partial charge in [-0.15, -0.1) is 0 Å². The van der Waals surface area contributed by atoms with Crippen LogP contribution in [-0.4, -0.2) is 16.7 Å². The van der Waals surface area contributed by atoms with Crippen molar-refractivity contribution in [2.45, 2.75) is 6.92 Å². The number of pyridine rings is 1. The molecule has 0 saturated heterocycles. The summed E-state index contributed by atoms with van der Waals surface area (Å²) in [5.41, 5.74) is 2.32. The van der Waals surface area contributed by atoms with Crippen LogP contribution in [-0.2, 0) is 0 Å². The van der Waals surface area contributed by atoms with E-state index in [-0.39, 0.29) is 11.7 Å². The molecule has 1 aromatic heterocycles. The molecule has 130 valence electrons. The van der Waals surface area contributed by atoms with Crippen LogP contribution >= 0.6 is 0 Å². The van der Waals surface area contributed by atoms with E-state index in [0.717, 1.165) is 5.69 Å². The summed E-state index contributed by atoms with van der Waals surface area (Å²) in [5, 5.41) is 5.81. The van der Waals surface area contributed by atoms with Crippen molar-refractivity contribution in [3.05, 3.63) is 83.8 Å². The number of hydrogen-bond donors (Lipinski definition) is 2. The average molecular weight is 349 g/mol. The van der Waals surface area contributed by atoms with Crippen LogP contribution in [0.2, 0.25) is 0 Å². The number of aromatic nitrogens is 1. The predicted octanol–water partition coefficient (Wildman–Crippen LogP) is 4.42. The van der Waals surface area contributed by atoms with Crippen molar-refractivity contribution in [1.82, 2.24) is 4.98 Å². The Labute approximate surface area is 149 Å². The van der Waals surface area contributed by atoms with Gasteiger partial charge in [0.2, 0.25) is 0 Å². The highest BCUT2D eigenvalue weighted by atomic mass is 19.1. The largest absolute Gasteiger partial charge is 0.340 e. The molecule has 1 heterocycles. The summed E-state index contributed by atoms with van der Waals surface area (Å²) in [5.74, 6) is -0.126. The summed E-state index contributed by atoms with van der Waals surface area (Å²) in [6, 6.07) is 15.8. The van der Waals surface area contributed by atoms with Crippen LogP contribution < -0.4 is 10.6 Å². The fourth-order valence-corrected chi connectivity index (χ4v) is 2.28. The maximum absolute atomic E-state index is 12.9. The Morgan fingerprint density at radius 3 is 2.04 bits per heavy atom. The molecule has 0 atom stereocenters. The fraction of sp³-hybridized carbons (Fsp3) is 0.0500. The van der Waals surface area contributed by atoms with E-state index in [9.17, 15) is 14.0 Å². The summed E-state index contributed by atoms with van der Waals surface area (Å²) in [6.45, 7) is 1.52. The number of ketones is 1. The van der Waals surface area contributed by atoms with Crippen molar-refractivity contribution in [3.63, 3.8) is 0 Å². The molecule has 0 fully saturated rings. The molecule has 5 nitrogen and oxygen atoms in total. The molecule has 0 aliphatic carbocycles. The number of halogens is 1. The van der Waals surface area contributed by atoms with Crippen molar-refractivity contribution >= 4 is 28.9 Å². The smallest absolute Gasteiger partial charge is 0.255 e. The molecule has 2 N–H and O–H groups in total. The molecule has 6 heteroatoms. The van der Waals surface area contributed by atoms with Gasteiger partial charge in [-0.3, -0.25) is 9.59 Å². The minimum atomic E-state index is -0.394. The zero-order valence-corrected chi connectivity index (χ0v) is 14.0. The normalized spacial score (nSPS) is 10.2. The third-order valence-electron chi connectivity index (χ3n) is 3.69. The van der Waals surface area contributed by atoms with Gasteiger partial charge in [-0.25, -0.2) is 9.37 Å². The van der Waals surface area contributed by atoms with Gasteiger partial charge >= 0.3 is 0 Å². The maximum Gasteiger partial charge on any atom is 0.255 e. The minimum absolute atomic E-state index is 0.0101. The van der Waals surface area contributed by atoms with Crippen LogP contribution in [0.1, 0.15) is 27.6 Å². The van der Waals surface area contributed by atoms with E-state index in [1.165, 1.54) is 37.4 Å². The topological polar surface area (TPSA) is 71.1 Å². The molecule has 0 aliphatic heterocycles. The Morgan fingerprint density at radius 2 is 1.46 bits per heavy atom. The van der Waals surface area contributed by atoms with Gasteiger partial charge in [0.15, 0.2) is 5.78 Å². The number of nitrogens with zero attached hydrogens (tertiary/aromatic N) is 1. The van der Waals surface area contributed by atoms with Gasteiger partial charge in [0.05, 0.1) is 11.9 Å². The quantitative estimate of drug-likeness (QED) is 0.669. The molecule has 0 saturated carbocycles. The monoisotopic (exact) mass is 349 g/mol. The summed E-state index contributed by atoms with van der Waals surface area (Å²) in [4.78, 5) is 27.6. The molecular formula is C20H16FN3O2. The average Bonchev–Trinajstić information content (AvgIpc) is 2.64. The van der Waals surface area contributed by atoms with Crippen molar-refractivity contribution < 1.29 is 14.0 Å². The Kier molecular flexibility index (Phi) is 5.03. The van der Waals surface area contributed by atoms with Crippen molar-refractivity contribution in [2.24, 2.45) is 0 Å². The van der Waals surface area contributed by atoms with Gasteiger partial charge in [0, 0.05) is 16.8 Å². The number of carbonyl (C=O) groups excluding carboxylic acids is 2. The predicted molar refractivity (Wildman–Crippen MR) is 98.3 cm³/mol. The molecule has 0 unspecified atom stereocenters. The molecule has 0 radical (unpaired) electrons. The Hall–Kier alpha value is -3.54. The molecule has 2 aromatic carbocycles. The highest BCUT2D eigenvalue weighted by molar-refractivity contribution is 6.04. The molecule has 1 amide bonds. The van der Waals surface area contributed by atoms with Gasteiger partial charge in [-0.2, -0.15) is 0 Å². The molecule has 0 spiro atoms. The van der Waals surface area contributed by atoms with Crippen molar-refractivity contribution in [2.75, 3.05) is 10.6 Å². The number of amides is 1. The van der Waals surface area contributed by atoms with Gasteiger partial charge in [-0.1, -0.05) is 0 Å². The lowest BCUT2D eigenvalue weighted by Gasteiger charge is -2.08. The van der Waals surface area contributed by atoms with Crippen molar-refractivity contribution in [3.8, 4) is 0 Å². The first-order valence-corrected chi connectivity index (χ1v) is 7.92. The first-order valence-electron chi connectivity index (χ1n) is 7.92. The molecule has 3 aromatic rings. The van der Waals surface area contributed by atoms with E-state index >= 15 is 0 Å². The van der Waals surface area contributed by atoms with E-state index in [4.69, 9.17) is 0 Å². The number of Topliss-reactive ketones (excluding diaryl/α,β-unsaturated/α-hetero) is 1. The molecule has 0 bridgehead atoms. The molecule has 0 aliphatic rings. The fourth-order valence-electron chi connectivity index (χ4n) is 2.28. The summed E-state index contributed by atoms with van der Waals surface area (Å²) >= 11 is 0.